The first-order valence-electron chi connectivity index (χ1n) is 7.78. The van der Waals surface area contributed by atoms with E-state index in [1.807, 2.05) is 12.1 Å². The molecule has 0 bridgehead atoms. The molecule has 1 aliphatic rings. The molecule has 112 valence electrons. The standard InChI is InChI=1S/C17H27NO2/c1-5-10-18-15-12-17(6-2,7-3)20-16-11-13(19-4)8-9-14(15)16/h8-9,11,15,18H,5-7,10,12H2,1-4H3. The maximum absolute atomic E-state index is 6.35. The van der Waals surface area contributed by atoms with E-state index in [1.54, 1.807) is 7.11 Å². The van der Waals surface area contributed by atoms with Gasteiger partial charge >= 0.3 is 0 Å². The Labute approximate surface area is 122 Å². The molecule has 0 aromatic heterocycles. The van der Waals surface area contributed by atoms with Crippen LogP contribution in [-0.2, 0) is 0 Å². The maximum atomic E-state index is 6.35. The lowest BCUT2D eigenvalue weighted by Gasteiger charge is -2.42. The van der Waals surface area contributed by atoms with Gasteiger partial charge in [-0.15, -0.1) is 0 Å². The van der Waals surface area contributed by atoms with E-state index >= 15 is 0 Å². The predicted octanol–water partition coefficient (Wildman–Crippen LogP) is 4.08. The SMILES string of the molecule is CCCNC1CC(CC)(CC)Oc2cc(OC)ccc21. The number of hydrogen-bond donors (Lipinski definition) is 1. The van der Waals surface area contributed by atoms with E-state index in [9.17, 15) is 0 Å². The zero-order valence-electron chi connectivity index (χ0n) is 13.2. The molecular formula is C17H27NO2. The van der Waals surface area contributed by atoms with Crippen molar-refractivity contribution in [1.82, 2.24) is 5.32 Å². The molecule has 1 aromatic carbocycles. The minimum absolute atomic E-state index is 0.0508. The molecule has 0 saturated carbocycles. The summed E-state index contributed by atoms with van der Waals surface area (Å²) < 4.78 is 11.7. The van der Waals surface area contributed by atoms with Crippen LogP contribution in [0.5, 0.6) is 11.5 Å². The first kappa shape index (κ1) is 15.2. The number of rotatable bonds is 6. The van der Waals surface area contributed by atoms with E-state index in [1.165, 1.54) is 5.56 Å². The lowest BCUT2D eigenvalue weighted by atomic mass is 9.83. The fraction of sp³-hybridized carbons (Fsp3) is 0.647. The van der Waals surface area contributed by atoms with Gasteiger partial charge in [-0.25, -0.2) is 0 Å². The van der Waals surface area contributed by atoms with E-state index in [0.717, 1.165) is 43.7 Å². The Morgan fingerprint density at radius 3 is 2.65 bits per heavy atom. The number of nitrogens with one attached hydrogen (secondary N) is 1. The van der Waals surface area contributed by atoms with Crippen molar-refractivity contribution >= 4 is 0 Å². The Balaban J connectivity index is 2.35. The average molecular weight is 277 g/mol. The summed E-state index contributed by atoms with van der Waals surface area (Å²) in [7, 11) is 1.70. The molecule has 0 aliphatic carbocycles. The third-order valence-corrected chi connectivity index (χ3v) is 4.43. The highest BCUT2D eigenvalue weighted by atomic mass is 16.5. The smallest absolute Gasteiger partial charge is 0.128 e. The highest BCUT2D eigenvalue weighted by Crippen LogP contribution is 2.44. The van der Waals surface area contributed by atoms with Gasteiger partial charge in [-0.3, -0.25) is 0 Å². The molecule has 3 nitrogen and oxygen atoms in total. The Morgan fingerprint density at radius 2 is 2.05 bits per heavy atom. The summed E-state index contributed by atoms with van der Waals surface area (Å²) >= 11 is 0. The van der Waals surface area contributed by atoms with Crippen molar-refractivity contribution in [3.63, 3.8) is 0 Å². The van der Waals surface area contributed by atoms with Crippen molar-refractivity contribution in [2.75, 3.05) is 13.7 Å². The second kappa shape index (κ2) is 6.49. The predicted molar refractivity (Wildman–Crippen MR) is 82.6 cm³/mol. The van der Waals surface area contributed by atoms with E-state index in [2.05, 4.69) is 32.2 Å². The molecule has 1 atom stereocenters. The third kappa shape index (κ3) is 2.93. The largest absolute Gasteiger partial charge is 0.497 e. The van der Waals surface area contributed by atoms with Crippen LogP contribution in [0, 0.1) is 0 Å². The van der Waals surface area contributed by atoms with Crippen LogP contribution in [0.1, 0.15) is 58.1 Å². The maximum Gasteiger partial charge on any atom is 0.128 e. The van der Waals surface area contributed by atoms with Gasteiger partial charge in [0, 0.05) is 24.1 Å². The monoisotopic (exact) mass is 277 g/mol. The van der Waals surface area contributed by atoms with E-state index in [-0.39, 0.29) is 5.60 Å². The molecule has 1 aromatic rings. The quantitative estimate of drug-likeness (QED) is 0.850. The van der Waals surface area contributed by atoms with Crippen molar-refractivity contribution < 1.29 is 9.47 Å². The van der Waals surface area contributed by atoms with Gasteiger partial charge in [0.25, 0.3) is 0 Å². The normalized spacial score (nSPS) is 20.1. The zero-order valence-corrected chi connectivity index (χ0v) is 13.2. The first-order chi connectivity index (χ1) is 9.68. The summed E-state index contributed by atoms with van der Waals surface area (Å²) in [5, 5.41) is 3.67. The number of methoxy groups -OCH3 is 1. The summed E-state index contributed by atoms with van der Waals surface area (Å²) in [6, 6.07) is 6.56. The molecule has 0 amide bonds. The second-order valence-electron chi connectivity index (χ2n) is 5.61. The zero-order chi connectivity index (χ0) is 14.6. The molecule has 3 heteroatoms. The van der Waals surface area contributed by atoms with Crippen LogP contribution in [0.3, 0.4) is 0 Å². The van der Waals surface area contributed by atoms with Gasteiger partial charge in [0.2, 0.25) is 0 Å². The Morgan fingerprint density at radius 1 is 1.30 bits per heavy atom. The fourth-order valence-corrected chi connectivity index (χ4v) is 2.96. The second-order valence-corrected chi connectivity index (χ2v) is 5.61. The van der Waals surface area contributed by atoms with Gasteiger partial charge in [-0.2, -0.15) is 0 Å². The first-order valence-corrected chi connectivity index (χ1v) is 7.78. The van der Waals surface area contributed by atoms with Crippen LogP contribution in [0.4, 0.5) is 0 Å². The summed E-state index contributed by atoms with van der Waals surface area (Å²) in [4.78, 5) is 0. The van der Waals surface area contributed by atoms with Gasteiger partial charge in [0.15, 0.2) is 0 Å². The molecule has 0 saturated heterocycles. The Bertz CT molecular complexity index is 441. The van der Waals surface area contributed by atoms with Crippen LogP contribution < -0.4 is 14.8 Å². The van der Waals surface area contributed by atoms with Crippen molar-refractivity contribution in [2.45, 2.75) is 58.1 Å². The van der Waals surface area contributed by atoms with Gasteiger partial charge in [0.1, 0.15) is 17.1 Å². The highest BCUT2D eigenvalue weighted by Gasteiger charge is 2.38. The molecule has 1 unspecified atom stereocenters. The van der Waals surface area contributed by atoms with E-state index in [4.69, 9.17) is 9.47 Å². The molecule has 0 spiro atoms. The lowest BCUT2D eigenvalue weighted by Crippen LogP contribution is -2.43. The van der Waals surface area contributed by atoms with Crippen LogP contribution in [0.25, 0.3) is 0 Å². The van der Waals surface area contributed by atoms with Gasteiger partial charge in [-0.05, 0) is 31.9 Å². The van der Waals surface area contributed by atoms with Crippen LogP contribution >= 0.6 is 0 Å². The van der Waals surface area contributed by atoms with Crippen molar-refractivity contribution in [2.24, 2.45) is 0 Å². The third-order valence-electron chi connectivity index (χ3n) is 4.43. The molecule has 1 N–H and O–H groups in total. The van der Waals surface area contributed by atoms with Gasteiger partial charge in [-0.1, -0.05) is 26.8 Å². The van der Waals surface area contributed by atoms with E-state index < -0.39 is 0 Å². The Hall–Kier alpha value is -1.22. The van der Waals surface area contributed by atoms with E-state index in [0.29, 0.717) is 6.04 Å². The molecule has 2 rings (SSSR count). The summed E-state index contributed by atoms with van der Waals surface area (Å²) in [5.74, 6) is 1.84. The fourth-order valence-electron chi connectivity index (χ4n) is 2.96. The molecule has 20 heavy (non-hydrogen) atoms. The molecule has 1 heterocycles. The summed E-state index contributed by atoms with van der Waals surface area (Å²) in [6.45, 7) is 7.67. The molecular weight excluding hydrogens is 250 g/mol. The highest BCUT2D eigenvalue weighted by molar-refractivity contribution is 5.44. The number of benzene rings is 1. The van der Waals surface area contributed by atoms with Crippen molar-refractivity contribution in [3.05, 3.63) is 23.8 Å². The van der Waals surface area contributed by atoms with Crippen LogP contribution in [0.15, 0.2) is 18.2 Å². The van der Waals surface area contributed by atoms with Gasteiger partial charge in [0.05, 0.1) is 7.11 Å². The Kier molecular flexibility index (Phi) is 4.92. The van der Waals surface area contributed by atoms with Gasteiger partial charge < -0.3 is 14.8 Å². The number of hydrogen-bond acceptors (Lipinski definition) is 3. The molecule has 0 fully saturated rings. The average Bonchev–Trinajstić information content (AvgIpc) is 2.51. The minimum atomic E-state index is -0.0508. The topological polar surface area (TPSA) is 30.5 Å². The van der Waals surface area contributed by atoms with Crippen LogP contribution in [0.2, 0.25) is 0 Å². The lowest BCUT2D eigenvalue weighted by molar-refractivity contribution is 0.0226. The minimum Gasteiger partial charge on any atom is -0.497 e. The summed E-state index contributed by atoms with van der Waals surface area (Å²) in [6.07, 6.45) is 4.25. The molecule has 0 radical (unpaired) electrons. The number of ether oxygens (including phenoxy) is 2. The molecule has 1 aliphatic heterocycles. The summed E-state index contributed by atoms with van der Waals surface area (Å²) in [5.41, 5.74) is 1.21. The van der Waals surface area contributed by atoms with Crippen molar-refractivity contribution in [1.29, 1.82) is 0 Å². The number of fused-ring (bicyclic) bond motifs is 1. The van der Waals surface area contributed by atoms with Crippen LogP contribution in [-0.4, -0.2) is 19.3 Å². The van der Waals surface area contributed by atoms with Crippen molar-refractivity contribution in [3.8, 4) is 11.5 Å².